The van der Waals surface area contributed by atoms with Gasteiger partial charge in [-0.3, -0.25) is 9.69 Å². The number of hydrogen-bond acceptors (Lipinski definition) is 3. The standard InChI is InChI=1S/C18H25N3O/c1-14-10-15(2)12-20(11-14)13-18(22)21-9-8-17(19-21)16-6-4-3-5-7-16/h3-7,14-15H,8-13H2,1-2H3. The lowest BCUT2D eigenvalue weighted by Crippen LogP contribution is -2.44. The molecule has 0 radical (unpaired) electrons. The van der Waals surface area contributed by atoms with Gasteiger partial charge in [-0.05, 0) is 23.8 Å². The zero-order valence-electron chi connectivity index (χ0n) is 13.5. The van der Waals surface area contributed by atoms with Crippen molar-refractivity contribution in [2.24, 2.45) is 16.9 Å². The van der Waals surface area contributed by atoms with Crippen molar-refractivity contribution in [1.82, 2.24) is 9.91 Å². The second-order valence-corrected chi connectivity index (χ2v) is 6.82. The van der Waals surface area contributed by atoms with Gasteiger partial charge in [-0.25, -0.2) is 5.01 Å². The summed E-state index contributed by atoms with van der Waals surface area (Å²) in [6, 6.07) is 10.1. The number of carbonyl (C=O) groups excluding carboxylic acids is 1. The minimum Gasteiger partial charge on any atom is -0.294 e. The van der Waals surface area contributed by atoms with E-state index in [0.29, 0.717) is 24.9 Å². The van der Waals surface area contributed by atoms with E-state index >= 15 is 0 Å². The molecule has 0 spiro atoms. The van der Waals surface area contributed by atoms with Gasteiger partial charge in [-0.1, -0.05) is 44.2 Å². The van der Waals surface area contributed by atoms with E-state index in [-0.39, 0.29) is 5.91 Å². The molecule has 2 atom stereocenters. The molecule has 1 fully saturated rings. The number of hydrazone groups is 1. The van der Waals surface area contributed by atoms with E-state index in [4.69, 9.17) is 0 Å². The fraction of sp³-hybridized carbons (Fsp3) is 0.556. The molecule has 2 unspecified atom stereocenters. The van der Waals surface area contributed by atoms with Gasteiger partial charge in [0.05, 0.1) is 18.8 Å². The highest BCUT2D eigenvalue weighted by Gasteiger charge is 2.27. The van der Waals surface area contributed by atoms with Crippen molar-refractivity contribution in [3.8, 4) is 0 Å². The summed E-state index contributed by atoms with van der Waals surface area (Å²) in [4.78, 5) is 14.8. The van der Waals surface area contributed by atoms with Crippen LogP contribution in [0.3, 0.4) is 0 Å². The molecule has 22 heavy (non-hydrogen) atoms. The topological polar surface area (TPSA) is 35.9 Å². The summed E-state index contributed by atoms with van der Waals surface area (Å²) in [6.07, 6.45) is 2.12. The second kappa shape index (κ2) is 6.61. The molecule has 1 aromatic carbocycles. The Balaban J connectivity index is 1.60. The zero-order chi connectivity index (χ0) is 15.5. The Bertz CT molecular complexity index is 545. The molecular formula is C18H25N3O. The Labute approximate surface area is 132 Å². The lowest BCUT2D eigenvalue weighted by molar-refractivity contribution is -0.132. The molecule has 4 heteroatoms. The molecule has 2 aliphatic rings. The van der Waals surface area contributed by atoms with Crippen LogP contribution in [0.15, 0.2) is 35.4 Å². The highest BCUT2D eigenvalue weighted by molar-refractivity contribution is 6.02. The molecule has 2 aliphatic heterocycles. The number of hydrogen-bond donors (Lipinski definition) is 0. The first-order valence-electron chi connectivity index (χ1n) is 8.27. The lowest BCUT2D eigenvalue weighted by atomic mass is 9.92. The maximum Gasteiger partial charge on any atom is 0.256 e. The average Bonchev–Trinajstić information content (AvgIpc) is 2.97. The van der Waals surface area contributed by atoms with Gasteiger partial charge in [-0.15, -0.1) is 0 Å². The van der Waals surface area contributed by atoms with Gasteiger partial charge in [-0.2, -0.15) is 5.10 Å². The SMILES string of the molecule is CC1CC(C)CN(CC(=O)N2CCC(c3ccccc3)=N2)C1. The van der Waals surface area contributed by atoms with Gasteiger partial charge < -0.3 is 0 Å². The van der Waals surface area contributed by atoms with Crippen molar-refractivity contribution < 1.29 is 4.79 Å². The van der Waals surface area contributed by atoms with E-state index in [9.17, 15) is 4.79 Å². The van der Waals surface area contributed by atoms with Gasteiger partial charge >= 0.3 is 0 Å². The third-order valence-electron chi connectivity index (χ3n) is 4.50. The molecule has 0 N–H and O–H groups in total. The second-order valence-electron chi connectivity index (χ2n) is 6.82. The number of carbonyl (C=O) groups is 1. The molecule has 1 saturated heterocycles. The summed E-state index contributed by atoms with van der Waals surface area (Å²) < 4.78 is 0. The number of rotatable bonds is 3. The molecule has 0 saturated carbocycles. The smallest absolute Gasteiger partial charge is 0.256 e. The molecule has 0 bridgehead atoms. The van der Waals surface area contributed by atoms with Crippen LogP contribution in [0.25, 0.3) is 0 Å². The largest absolute Gasteiger partial charge is 0.294 e. The van der Waals surface area contributed by atoms with Crippen LogP contribution >= 0.6 is 0 Å². The molecule has 0 aliphatic carbocycles. The van der Waals surface area contributed by atoms with E-state index < -0.39 is 0 Å². The predicted molar refractivity (Wildman–Crippen MR) is 88.7 cm³/mol. The lowest BCUT2D eigenvalue weighted by Gasteiger charge is -2.34. The highest BCUT2D eigenvalue weighted by Crippen LogP contribution is 2.21. The van der Waals surface area contributed by atoms with Crippen LogP contribution in [0.5, 0.6) is 0 Å². The summed E-state index contributed by atoms with van der Waals surface area (Å²) in [7, 11) is 0. The minimum absolute atomic E-state index is 0.132. The van der Waals surface area contributed by atoms with Gasteiger partial charge in [0.15, 0.2) is 0 Å². The van der Waals surface area contributed by atoms with Crippen LogP contribution in [-0.4, -0.2) is 47.7 Å². The first-order valence-corrected chi connectivity index (χ1v) is 8.27. The number of amides is 1. The fourth-order valence-electron chi connectivity index (χ4n) is 3.66. The van der Waals surface area contributed by atoms with Crippen LogP contribution in [0, 0.1) is 11.8 Å². The molecule has 2 heterocycles. The van der Waals surface area contributed by atoms with E-state index in [1.807, 2.05) is 18.2 Å². The monoisotopic (exact) mass is 299 g/mol. The van der Waals surface area contributed by atoms with E-state index in [1.54, 1.807) is 5.01 Å². The first kappa shape index (κ1) is 15.2. The zero-order valence-corrected chi connectivity index (χ0v) is 13.5. The summed E-state index contributed by atoms with van der Waals surface area (Å²) in [5.41, 5.74) is 2.15. The molecular weight excluding hydrogens is 274 g/mol. The predicted octanol–water partition coefficient (Wildman–Crippen LogP) is 2.60. The van der Waals surface area contributed by atoms with Crippen molar-refractivity contribution in [2.75, 3.05) is 26.2 Å². The minimum atomic E-state index is 0.132. The Morgan fingerprint density at radius 3 is 2.55 bits per heavy atom. The van der Waals surface area contributed by atoms with Crippen molar-refractivity contribution >= 4 is 11.6 Å². The van der Waals surface area contributed by atoms with Gasteiger partial charge in [0.2, 0.25) is 0 Å². The Morgan fingerprint density at radius 2 is 1.86 bits per heavy atom. The van der Waals surface area contributed by atoms with Crippen LogP contribution in [0.2, 0.25) is 0 Å². The van der Waals surface area contributed by atoms with Crippen LogP contribution in [0.1, 0.15) is 32.3 Å². The van der Waals surface area contributed by atoms with Crippen LogP contribution < -0.4 is 0 Å². The van der Waals surface area contributed by atoms with E-state index in [1.165, 1.54) is 6.42 Å². The number of benzene rings is 1. The fourth-order valence-corrected chi connectivity index (χ4v) is 3.66. The normalized spacial score (nSPS) is 26.1. The number of piperidine rings is 1. The molecule has 4 nitrogen and oxygen atoms in total. The Kier molecular flexibility index (Phi) is 4.57. The van der Waals surface area contributed by atoms with Crippen LogP contribution in [-0.2, 0) is 4.79 Å². The van der Waals surface area contributed by atoms with Crippen LogP contribution in [0.4, 0.5) is 0 Å². The molecule has 118 valence electrons. The van der Waals surface area contributed by atoms with Gasteiger partial charge in [0.25, 0.3) is 5.91 Å². The Morgan fingerprint density at radius 1 is 1.18 bits per heavy atom. The first-order chi connectivity index (χ1) is 10.6. The van der Waals surface area contributed by atoms with Gasteiger partial charge in [0, 0.05) is 19.5 Å². The summed E-state index contributed by atoms with van der Waals surface area (Å²) in [6.45, 7) is 7.81. The van der Waals surface area contributed by atoms with E-state index in [0.717, 1.165) is 30.8 Å². The third-order valence-corrected chi connectivity index (χ3v) is 4.50. The highest BCUT2D eigenvalue weighted by atomic mass is 16.2. The quantitative estimate of drug-likeness (QED) is 0.860. The maximum atomic E-state index is 12.5. The maximum absolute atomic E-state index is 12.5. The van der Waals surface area contributed by atoms with Crippen molar-refractivity contribution in [3.63, 3.8) is 0 Å². The summed E-state index contributed by atoms with van der Waals surface area (Å²) in [5.74, 6) is 1.49. The number of likely N-dealkylation sites (tertiary alicyclic amines) is 1. The Hall–Kier alpha value is -1.68. The summed E-state index contributed by atoms with van der Waals surface area (Å²) >= 11 is 0. The number of nitrogens with zero attached hydrogens (tertiary/aromatic N) is 3. The van der Waals surface area contributed by atoms with Gasteiger partial charge in [0.1, 0.15) is 0 Å². The average molecular weight is 299 g/mol. The third kappa shape index (κ3) is 3.55. The molecule has 0 aromatic heterocycles. The van der Waals surface area contributed by atoms with Crippen molar-refractivity contribution in [2.45, 2.75) is 26.7 Å². The van der Waals surface area contributed by atoms with Crippen molar-refractivity contribution in [3.05, 3.63) is 35.9 Å². The molecule has 3 rings (SSSR count). The van der Waals surface area contributed by atoms with Crippen molar-refractivity contribution in [1.29, 1.82) is 0 Å². The molecule has 1 amide bonds. The molecule has 1 aromatic rings. The summed E-state index contributed by atoms with van der Waals surface area (Å²) in [5, 5.41) is 6.19. The van der Waals surface area contributed by atoms with E-state index in [2.05, 4.69) is 36.0 Å².